The average Bonchev–Trinajstić information content (AvgIpc) is 2.68. The van der Waals surface area contributed by atoms with Crippen molar-refractivity contribution in [1.82, 2.24) is 19.9 Å². The third-order valence-corrected chi connectivity index (χ3v) is 4.46. The summed E-state index contributed by atoms with van der Waals surface area (Å²) in [6.45, 7) is 5.96. The fourth-order valence-corrected chi connectivity index (χ4v) is 3.84. The van der Waals surface area contributed by atoms with Crippen LogP contribution < -0.4 is 5.73 Å². The highest BCUT2D eigenvalue weighted by Crippen LogP contribution is 2.34. The van der Waals surface area contributed by atoms with E-state index in [2.05, 4.69) is 26.0 Å². The lowest BCUT2D eigenvalue weighted by Crippen LogP contribution is -1.97. The van der Waals surface area contributed by atoms with Gasteiger partial charge in [0.05, 0.1) is 0 Å². The zero-order valence-corrected chi connectivity index (χ0v) is 13.0. The maximum Gasteiger partial charge on any atom is 0.222 e. The zero-order valence-electron chi connectivity index (χ0n) is 11.3. The summed E-state index contributed by atoms with van der Waals surface area (Å²) in [5.41, 5.74) is 7.67. The number of aromatic nitrogens is 4. The first-order chi connectivity index (χ1) is 9.51. The zero-order chi connectivity index (χ0) is 14.3. The molecule has 0 aliphatic rings. The molecule has 3 aromatic heterocycles. The Bertz CT molecular complexity index is 777. The number of nitrogen functional groups attached to an aromatic ring is 1. The minimum Gasteiger partial charge on any atom is -0.368 e. The lowest BCUT2D eigenvalue weighted by Gasteiger charge is -2.04. The van der Waals surface area contributed by atoms with Gasteiger partial charge in [-0.05, 0) is 44.7 Å². The summed E-state index contributed by atoms with van der Waals surface area (Å²) in [6, 6.07) is 4.02. The molecule has 3 aromatic rings. The molecule has 0 saturated heterocycles. The second-order valence-electron chi connectivity index (χ2n) is 4.50. The van der Waals surface area contributed by atoms with Crippen LogP contribution in [0.1, 0.15) is 16.3 Å². The van der Waals surface area contributed by atoms with Gasteiger partial charge in [0, 0.05) is 21.7 Å². The molecule has 0 saturated carbocycles. The molecule has 0 aromatic carbocycles. The smallest absolute Gasteiger partial charge is 0.222 e. The molecule has 3 heterocycles. The summed E-state index contributed by atoms with van der Waals surface area (Å²) in [6.07, 6.45) is 0. The van der Waals surface area contributed by atoms with Crippen molar-refractivity contribution >= 4 is 39.3 Å². The molecule has 102 valence electrons. The highest BCUT2D eigenvalue weighted by molar-refractivity contribution is 7.99. The first-order valence-electron chi connectivity index (χ1n) is 6.05. The topological polar surface area (TPSA) is 77.6 Å². The van der Waals surface area contributed by atoms with Crippen LogP contribution in [-0.4, -0.2) is 19.9 Å². The number of anilines is 1. The molecule has 0 atom stereocenters. The molecule has 0 radical (unpaired) electrons. The van der Waals surface area contributed by atoms with E-state index >= 15 is 0 Å². The Hall–Kier alpha value is -1.73. The quantitative estimate of drug-likeness (QED) is 0.579. The van der Waals surface area contributed by atoms with Crippen LogP contribution in [0.5, 0.6) is 0 Å². The van der Waals surface area contributed by atoms with Crippen molar-refractivity contribution in [2.24, 2.45) is 0 Å². The predicted molar refractivity (Wildman–Crippen MR) is 82.2 cm³/mol. The number of hydrogen-bond acceptors (Lipinski definition) is 7. The summed E-state index contributed by atoms with van der Waals surface area (Å²) in [7, 11) is 0. The van der Waals surface area contributed by atoms with Gasteiger partial charge < -0.3 is 5.73 Å². The lowest BCUT2D eigenvalue weighted by molar-refractivity contribution is 0.900. The van der Waals surface area contributed by atoms with Crippen LogP contribution in [0.3, 0.4) is 0 Å². The predicted octanol–water partition coefficient (Wildman–Crippen LogP) is 3.14. The van der Waals surface area contributed by atoms with E-state index in [1.165, 1.54) is 16.6 Å². The molecule has 0 fully saturated rings. The second-order valence-corrected chi connectivity index (χ2v) is 6.69. The van der Waals surface area contributed by atoms with Crippen LogP contribution in [0.4, 0.5) is 5.95 Å². The van der Waals surface area contributed by atoms with Gasteiger partial charge in [-0.25, -0.2) is 19.9 Å². The Morgan fingerprint density at radius 3 is 2.40 bits per heavy atom. The van der Waals surface area contributed by atoms with Crippen LogP contribution in [0.25, 0.3) is 10.2 Å². The number of nitrogens with two attached hydrogens (primary N) is 1. The van der Waals surface area contributed by atoms with Crippen molar-refractivity contribution in [3.05, 3.63) is 28.4 Å². The lowest BCUT2D eigenvalue weighted by atomic mass is 10.4. The van der Waals surface area contributed by atoms with Gasteiger partial charge in [0.2, 0.25) is 5.95 Å². The standard InChI is InChI=1S/C13H13N5S2/c1-6-4-7(2)16-13(15-6)20-11-9-5-8(3)19-10(9)17-12(14)18-11/h4-5H,1-3H3,(H2,14,17,18). The number of thiophene rings is 1. The van der Waals surface area contributed by atoms with Crippen molar-refractivity contribution in [1.29, 1.82) is 0 Å². The van der Waals surface area contributed by atoms with Gasteiger partial charge >= 0.3 is 0 Å². The summed E-state index contributed by atoms with van der Waals surface area (Å²) >= 11 is 3.04. The highest BCUT2D eigenvalue weighted by Gasteiger charge is 2.12. The first-order valence-corrected chi connectivity index (χ1v) is 7.68. The van der Waals surface area contributed by atoms with Crippen molar-refractivity contribution < 1.29 is 0 Å². The Labute approximate surface area is 124 Å². The molecule has 2 N–H and O–H groups in total. The van der Waals surface area contributed by atoms with Crippen LogP contribution in [0, 0.1) is 20.8 Å². The van der Waals surface area contributed by atoms with E-state index < -0.39 is 0 Å². The molecule has 20 heavy (non-hydrogen) atoms. The third kappa shape index (κ3) is 2.59. The molecule has 5 nitrogen and oxygen atoms in total. The normalized spacial score (nSPS) is 11.2. The van der Waals surface area contributed by atoms with Crippen LogP contribution in [0.2, 0.25) is 0 Å². The highest BCUT2D eigenvalue weighted by atomic mass is 32.2. The Morgan fingerprint density at radius 1 is 1.00 bits per heavy atom. The number of nitrogens with zero attached hydrogens (tertiary/aromatic N) is 4. The number of fused-ring (bicyclic) bond motifs is 1. The molecule has 0 spiro atoms. The van der Waals surface area contributed by atoms with Gasteiger partial charge in [0.25, 0.3) is 0 Å². The first kappa shape index (κ1) is 13.3. The maximum atomic E-state index is 5.78. The Kier molecular flexibility index (Phi) is 3.31. The molecule has 3 rings (SSSR count). The third-order valence-electron chi connectivity index (χ3n) is 2.65. The van der Waals surface area contributed by atoms with Crippen molar-refractivity contribution in [2.45, 2.75) is 31.0 Å². The summed E-state index contributed by atoms with van der Waals surface area (Å²) in [5.74, 6) is 0.284. The van der Waals surface area contributed by atoms with Gasteiger partial charge in [-0.15, -0.1) is 11.3 Å². The number of rotatable bonds is 2. The van der Waals surface area contributed by atoms with E-state index in [9.17, 15) is 0 Å². The molecular formula is C13H13N5S2. The summed E-state index contributed by atoms with van der Waals surface area (Å²) in [4.78, 5) is 19.5. The van der Waals surface area contributed by atoms with E-state index in [4.69, 9.17) is 5.73 Å². The minimum absolute atomic E-state index is 0.284. The van der Waals surface area contributed by atoms with Gasteiger partial charge in [-0.2, -0.15) is 0 Å². The second kappa shape index (κ2) is 4.99. The molecular weight excluding hydrogens is 290 g/mol. The molecule has 0 bridgehead atoms. The molecule has 0 aliphatic heterocycles. The monoisotopic (exact) mass is 303 g/mol. The van der Waals surface area contributed by atoms with Crippen molar-refractivity contribution in [3.8, 4) is 0 Å². The van der Waals surface area contributed by atoms with Crippen molar-refractivity contribution in [2.75, 3.05) is 5.73 Å². The molecule has 0 aliphatic carbocycles. The van der Waals surface area contributed by atoms with Crippen LogP contribution in [-0.2, 0) is 0 Å². The minimum atomic E-state index is 0.284. The fourth-order valence-electron chi connectivity index (χ4n) is 1.93. The fraction of sp³-hybridized carbons (Fsp3) is 0.231. The van der Waals surface area contributed by atoms with Crippen LogP contribution in [0.15, 0.2) is 22.3 Å². The Balaban J connectivity index is 2.09. The van der Waals surface area contributed by atoms with Gasteiger partial charge in [-0.3, -0.25) is 0 Å². The largest absolute Gasteiger partial charge is 0.368 e. The number of aryl methyl sites for hydroxylation is 3. The van der Waals surface area contributed by atoms with E-state index in [-0.39, 0.29) is 5.95 Å². The maximum absolute atomic E-state index is 5.78. The summed E-state index contributed by atoms with van der Waals surface area (Å²) < 4.78 is 0. The summed E-state index contributed by atoms with van der Waals surface area (Å²) in [5, 5.41) is 2.50. The van der Waals surface area contributed by atoms with E-state index in [1.54, 1.807) is 11.3 Å². The Morgan fingerprint density at radius 2 is 1.70 bits per heavy atom. The van der Waals surface area contributed by atoms with Gasteiger partial charge in [-0.1, -0.05) is 0 Å². The van der Waals surface area contributed by atoms with Gasteiger partial charge in [0.1, 0.15) is 9.86 Å². The average molecular weight is 303 g/mol. The van der Waals surface area contributed by atoms with Crippen molar-refractivity contribution in [3.63, 3.8) is 0 Å². The molecule has 0 amide bonds. The molecule has 0 unspecified atom stereocenters. The van der Waals surface area contributed by atoms with Crippen LogP contribution >= 0.6 is 23.1 Å². The molecule has 7 heteroatoms. The number of hydrogen-bond donors (Lipinski definition) is 1. The van der Waals surface area contributed by atoms with Gasteiger partial charge in [0.15, 0.2) is 5.16 Å². The SMILES string of the molecule is Cc1cc(C)nc(Sc2nc(N)nc3sc(C)cc23)n1. The van der Waals surface area contributed by atoms with E-state index in [0.717, 1.165) is 26.6 Å². The van der Waals surface area contributed by atoms with E-state index in [0.29, 0.717) is 5.16 Å². The van der Waals surface area contributed by atoms with E-state index in [1.807, 2.05) is 26.8 Å².